The van der Waals surface area contributed by atoms with Gasteiger partial charge in [0.05, 0.1) is 12.2 Å². The molecule has 62 valence electrons. The van der Waals surface area contributed by atoms with Gasteiger partial charge < -0.3 is 14.6 Å². The maximum absolute atomic E-state index is 10.5. The van der Waals surface area contributed by atoms with Crippen LogP contribution < -0.4 is 5.11 Å². The molecule has 0 aromatic rings. The first-order chi connectivity index (χ1) is 5.18. The molecule has 0 spiro atoms. The summed E-state index contributed by atoms with van der Waals surface area (Å²) in [6.07, 6.45) is 1.97. The van der Waals surface area contributed by atoms with E-state index < -0.39 is 5.97 Å². The summed E-state index contributed by atoms with van der Waals surface area (Å²) in [4.78, 5) is 10.5. The number of carboxylic acid groups (broad SMARTS) is 1. The van der Waals surface area contributed by atoms with E-state index in [0.717, 1.165) is 6.42 Å². The molecule has 1 saturated carbocycles. The van der Waals surface area contributed by atoms with E-state index >= 15 is 0 Å². The largest absolute Gasteiger partial charge is 0.550 e. The molecular weight excluding hydrogens is 144 g/mol. The molecule has 0 radical (unpaired) electrons. The second-order valence-electron chi connectivity index (χ2n) is 3.60. The van der Waals surface area contributed by atoms with Gasteiger partial charge in [0.2, 0.25) is 0 Å². The number of epoxide rings is 1. The van der Waals surface area contributed by atoms with Crippen LogP contribution in [0.15, 0.2) is 0 Å². The average Bonchev–Trinajstić information content (AvgIpc) is 2.66. The van der Waals surface area contributed by atoms with Crippen molar-refractivity contribution in [1.29, 1.82) is 0 Å². The molecule has 2 aliphatic rings. The third kappa shape index (κ3) is 1.13. The number of carboxylic acids is 1. The third-order valence-corrected chi connectivity index (χ3v) is 2.69. The minimum Gasteiger partial charge on any atom is -0.550 e. The molecule has 1 aliphatic carbocycles. The van der Waals surface area contributed by atoms with Gasteiger partial charge in [0.25, 0.3) is 0 Å². The van der Waals surface area contributed by atoms with Crippen molar-refractivity contribution < 1.29 is 14.6 Å². The Morgan fingerprint density at radius 1 is 1.55 bits per heavy atom. The Balaban J connectivity index is 2.00. The van der Waals surface area contributed by atoms with E-state index in [1.165, 1.54) is 0 Å². The predicted molar refractivity (Wildman–Crippen MR) is 35.6 cm³/mol. The van der Waals surface area contributed by atoms with Gasteiger partial charge in [-0.05, 0) is 18.8 Å². The van der Waals surface area contributed by atoms with Crippen LogP contribution in [0.1, 0.15) is 19.8 Å². The highest BCUT2D eigenvalue weighted by atomic mass is 16.6. The third-order valence-electron chi connectivity index (χ3n) is 2.69. The summed E-state index contributed by atoms with van der Waals surface area (Å²) >= 11 is 0. The van der Waals surface area contributed by atoms with E-state index in [4.69, 9.17) is 4.74 Å². The number of ether oxygens (including phenoxy) is 1. The first kappa shape index (κ1) is 7.10. The lowest BCUT2D eigenvalue weighted by Crippen LogP contribution is -2.36. The smallest absolute Gasteiger partial charge is 0.0867 e. The average molecular weight is 155 g/mol. The van der Waals surface area contributed by atoms with E-state index in [1.807, 2.05) is 6.92 Å². The lowest BCUT2D eigenvalue weighted by molar-refractivity contribution is -0.312. The molecule has 1 heterocycles. The van der Waals surface area contributed by atoms with Gasteiger partial charge in [0, 0.05) is 11.9 Å². The fourth-order valence-corrected chi connectivity index (χ4v) is 2.00. The highest BCUT2D eigenvalue weighted by Gasteiger charge is 2.48. The molecule has 0 aromatic carbocycles. The Morgan fingerprint density at radius 3 is 2.82 bits per heavy atom. The molecule has 2 rings (SSSR count). The molecule has 4 atom stereocenters. The van der Waals surface area contributed by atoms with E-state index in [0.29, 0.717) is 18.4 Å². The van der Waals surface area contributed by atoms with Gasteiger partial charge in [0.1, 0.15) is 0 Å². The van der Waals surface area contributed by atoms with Crippen LogP contribution in [-0.4, -0.2) is 18.2 Å². The Bertz CT molecular complexity index is 190. The SMILES string of the molecule is CC1CC(C(=O)[O-])CC2OC12. The molecule has 11 heavy (non-hydrogen) atoms. The standard InChI is InChI=1S/C8H12O3/c1-4-2-5(8(9)10)3-6-7(4)11-6/h4-7H,2-3H2,1H3,(H,9,10)/p-1. The van der Waals surface area contributed by atoms with Crippen LogP contribution in [0.2, 0.25) is 0 Å². The number of rotatable bonds is 1. The maximum atomic E-state index is 10.5. The van der Waals surface area contributed by atoms with Gasteiger partial charge in [-0.2, -0.15) is 0 Å². The minimum absolute atomic E-state index is 0.224. The van der Waals surface area contributed by atoms with Crippen molar-refractivity contribution in [2.75, 3.05) is 0 Å². The van der Waals surface area contributed by atoms with Crippen molar-refractivity contribution >= 4 is 5.97 Å². The van der Waals surface area contributed by atoms with Gasteiger partial charge in [-0.1, -0.05) is 6.92 Å². The quantitative estimate of drug-likeness (QED) is 0.482. The fourth-order valence-electron chi connectivity index (χ4n) is 2.00. The monoisotopic (exact) mass is 155 g/mol. The van der Waals surface area contributed by atoms with Crippen LogP contribution in [0.5, 0.6) is 0 Å². The van der Waals surface area contributed by atoms with Crippen molar-refractivity contribution in [2.24, 2.45) is 11.8 Å². The van der Waals surface area contributed by atoms with Gasteiger partial charge in [-0.3, -0.25) is 0 Å². The normalized spacial score (nSPS) is 48.1. The number of hydrogen-bond donors (Lipinski definition) is 0. The summed E-state index contributed by atoms with van der Waals surface area (Å²) in [5, 5.41) is 10.5. The van der Waals surface area contributed by atoms with Crippen molar-refractivity contribution in [3.05, 3.63) is 0 Å². The van der Waals surface area contributed by atoms with Crippen LogP contribution in [0.3, 0.4) is 0 Å². The summed E-state index contributed by atoms with van der Waals surface area (Å²) in [6.45, 7) is 2.04. The Morgan fingerprint density at radius 2 is 2.27 bits per heavy atom. The highest BCUT2D eigenvalue weighted by molar-refractivity contribution is 5.68. The first-order valence-corrected chi connectivity index (χ1v) is 4.05. The molecule has 0 bridgehead atoms. The second-order valence-corrected chi connectivity index (χ2v) is 3.60. The zero-order valence-corrected chi connectivity index (χ0v) is 6.45. The molecule has 1 aliphatic heterocycles. The van der Waals surface area contributed by atoms with E-state index in [2.05, 4.69) is 0 Å². The molecule has 0 aromatic heterocycles. The second kappa shape index (κ2) is 2.21. The van der Waals surface area contributed by atoms with E-state index in [-0.39, 0.29) is 12.0 Å². The van der Waals surface area contributed by atoms with Crippen molar-refractivity contribution in [3.63, 3.8) is 0 Å². The summed E-state index contributed by atoms with van der Waals surface area (Å²) in [7, 11) is 0. The molecular formula is C8H11O3-. The predicted octanol–water partition coefficient (Wildman–Crippen LogP) is -0.450. The molecule has 4 unspecified atom stereocenters. The Hall–Kier alpha value is -0.570. The number of aliphatic carboxylic acids is 1. The topological polar surface area (TPSA) is 52.7 Å². The molecule has 0 N–H and O–H groups in total. The summed E-state index contributed by atoms with van der Waals surface area (Å²) < 4.78 is 5.28. The fraction of sp³-hybridized carbons (Fsp3) is 0.875. The molecule has 3 nitrogen and oxygen atoms in total. The summed E-state index contributed by atoms with van der Waals surface area (Å²) in [5.41, 5.74) is 0. The van der Waals surface area contributed by atoms with Crippen LogP contribution in [0, 0.1) is 11.8 Å². The van der Waals surface area contributed by atoms with Crippen LogP contribution in [-0.2, 0) is 9.53 Å². The van der Waals surface area contributed by atoms with Gasteiger partial charge in [-0.15, -0.1) is 0 Å². The number of carbonyl (C=O) groups excluding carboxylic acids is 1. The number of fused-ring (bicyclic) bond motifs is 1. The zero-order valence-electron chi connectivity index (χ0n) is 6.45. The van der Waals surface area contributed by atoms with Gasteiger partial charge in [0.15, 0.2) is 0 Å². The van der Waals surface area contributed by atoms with Crippen LogP contribution >= 0.6 is 0 Å². The molecule has 1 saturated heterocycles. The van der Waals surface area contributed by atoms with Crippen molar-refractivity contribution in [1.82, 2.24) is 0 Å². The van der Waals surface area contributed by atoms with Gasteiger partial charge in [-0.25, -0.2) is 0 Å². The highest BCUT2D eigenvalue weighted by Crippen LogP contribution is 2.42. The lowest BCUT2D eigenvalue weighted by Gasteiger charge is -2.23. The zero-order chi connectivity index (χ0) is 8.01. The lowest BCUT2D eigenvalue weighted by atomic mass is 9.83. The Labute approximate surface area is 65.4 Å². The first-order valence-electron chi connectivity index (χ1n) is 4.05. The van der Waals surface area contributed by atoms with E-state index in [9.17, 15) is 9.90 Å². The summed E-state index contributed by atoms with van der Waals surface area (Å²) in [5.74, 6) is -0.781. The Kier molecular flexibility index (Phi) is 1.42. The molecule has 3 heteroatoms. The minimum atomic E-state index is -0.911. The number of carbonyl (C=O) groups is 1. The molecule has 0 amide bonds. The van der Waals surface area contributed by atoms with Crippen LogP contribution in [0.4, 0.5) is 0 Å². The van der Waals surface area contributed by atoms with E-state index in [1.54, 1.807) is 0 Å². The van der Waals surface area contributed by atoms with Crippen LogP contribution in [0.25, 0.3) is 0 Å². The maximum Gasteiger partial charge on any atom is 0.0867 e. The van der Waals surface area contributed by atoms with Gasteiger partial charge >= 0.3 is 0 Å². The summed E-state index contributed by atoms with van der Waals surface area (Å²) in [6, 6.07) is 0. The number of hydrogen-bond acceptors (Lipinski definition) is 3. The van der Waals surface area contributed by atoms with Crippen molar-refractivity contribution in [3.8, 4) is 0 Å². The molecule has 2 fully saturated rings. The van der Waals surface area contributed by atoms with Crippen molar-refractivity contribution in [2.45, 2.75) is 32.0 Å².